The van der Waals surface area contributed by atoms with Crippen molar-refractivity contribution in [3.05, 3.63) is 11.9 Å². The topological polar surface area (TPSA) is 92.7 Å². The number of hydrogen-bond acceptors (Lipinski definition) is 7. The number of carbonyl (C=O) groups excluding carboxylic acids is 1. The Balaban J connectivity index is 1.52. The minimum Gasteiger partial charge on any atom is -0.381 e. The monoisotopic (exact) mass is 436 g/mol. The fraction of sp³-hybridized carbons (Fsp3) is 0.762. The van der Waals surface area contributed by atoms with Crippen molar-refractivity contribution >= 4 is 21.7 Å². The van der Waals surface area contributed by atoms with Gasteiger partial charge in [0, 0.05) is 45.0 Å². The Morgan fingerprint density at radius 2 is 1.80 bits per heavy atom. The number of hydrogen-bond donors (Lipinski definition) is 0. The molecule has 0 bridgehead atoms. The van der Waals surface area contributed by atoms with Crippen molar-refractivity contribution in [2.75, 3.05) is 50.5 Å². The number of likely N-dealkylation sites (tertiary alicyclic amines) is 1. The van der Waals surface area contributed by atoms with Gasteiger partial charge in [0.2, 0.25) is 11.9 Å². The molecule has 3 aliphatic heterocycles. The molecule has 9 heteroatoms. The maximum Gasteiger partial charge on any atom is 0.228 e. The van der Waals surface area contributed by atoms with Gasteiger partial charge >= 0.3 is 0 Å². The van der Waals surface area contributed by atoms with E-state index in [1.807, 2.05) is 4.90 Å². The number of amides is 1. The number of aromatic nitrogens is 2. The lowest BCUT2D eigenvalue weighted by Gasteiger charge is -2.34. The van der Waals surface area contributed by atoms with Gasteiger partial charge in [-0.2, -0.15) is 0 Å². The first-order valence-electron chi connectivity index (χ1n) is 11.0. The van der Waals surface area contributed by atoms with E-state index in [1.165, 1.54) is 12.5 Å². The Bertz CT molecular complexity index is 869. The molecule has 3 saturated heterocycles. The molecule has 1 amide bonds. The zero-order chi connectivity index (χ0) is 21.3. The maximum atomic E-state index is 12.7. The fourth-order valence-corrected chi connectivity index (χ4v) is 5.51. The van der Waals surface area contributed by atoms with Crippen molar-refractivity contribution in [2.45, 2.75) is 49.8 Å². The third kappa shape index (κ3) is 4.61. The molecule has 3 aliphatic rings. The van der Waals surface area contributed by atoms with Crippen LogP contribution in [0.5, 0.6) is 0 Å². The predicted octanol–water partition coefficient (Wildman–Crippen LogP) is 1.86. The smallest absolute Gasteiger partial charge is 0.228 e. The van der Waals surface area contributed by atoms with Crippen LogP contribution >= 0.6 is 0 Å². The molecule has 0 saturated carbocycles. The summed E-state index contributed by atoms with van der Waals surface area (Å²) >= 11 is 0. The summed E-state index contributed by atoms with van der Waals surface area (Å²) in [7, 11) is -3.42. The summed E-state index contributed by atoms with van der Waals surface area (Å²) in [5, 5.41) is 0. The predicted molar refractivity (Wildman–Crippen MR) is 113 cm³/mol. The van der Waals surface area contributed by atoms with Gasteiger partial charge in [-0.1, -0.05) is 6.92 Å². The van der Waals surface area contributed by atoms with Crippen LogP contribution in [0.15, 0.2) is 11.1 Å². The Labute approximate surface area is 178 Å². The minimum absolute atomic E-state index is 0.0177. The van der Waals surface area contributed by atoms with Crippen LogP contribution in [0.1, 0.15) is 50.6 Å². The second-order valence-corrected chi connectivity index (χ2v) is 11.0. The number of ether oxygens (including phenoxy) is 1. The van der Waals surface area contributed by atoms with Crippen molar-refractivity contribution < 1.29 is 17.9 Å². The zero-order valence-corrected chi connectivity index (χ0v) is 18.7. The molecule has 0 spiro atoms. The van der Waals surface area contributed by atoms with E-state index in [0.717, 1.165) is 45.2 Å². The Morgan fingerprint density at radius 3 is 2.40 bits per heavy atom. The van der Waals surface area contributed by atoms with Gasteiger partial charge in [0.15, 0.2) is 9.84 Å². The quantitative estimate of drug-likeness (QED) is 0.711. The van der Waals surface area contributed by atoms with E-state index in [0.29, 0.717) is 43.9 Å². The van der Waals surface area contributed by atoms with E-state index in [2.05, 4.69) is 16.8 Å². The van der Waals surface area contributed by atoms with Crippen LogP contribution in [0.4, 0.5) is 5.95 Å². The first-order valence-corrected chi connectivity index (χ1v) is 12.9. The van der Waals surface area contributed by atoms with Crippen LogP contribution in [-0.2, 0) is 19.4 Å². The number of piperidine rings is 2. The fourth-order valence-electron chi connectivity index (χ4n) is 4.67. The SMILES string of the molecule is CC1CCN(c2ncc(S(C)(=O)=O)c(C3CCN(C(=O)[C@@H]4CCOC4)CC3)n2)CC1. The number of nitrogens with zero attached hydrogens (tertiary/aromatic N) is 4. The van der Waals surface area contributed by atoms with E-state index >= 15 is 0 Å². The normalized spacial score (nSPS) is 24.4. The molecule has 1 aromatic rings. The minimum atomic E-state index is -3.42. The molecule has 0 radical (unpaired) electrons. The first-order chi connectivity index (χ1) is 14.3. The van der Waals surface area contributed by atoms with Gasteiger partial charge in [0.25, 0.3) is 0 Å². The van der Waals surface area contributed by atoms with Gasteiger partial charge < -0.3 is 14.5 Å². The standard InChI is InChI=1S/C21H32N4O4S/c1-15-3-8-25(9-4-15)21-22-13-18(30(2,27)28)19(23-21)16-5-10-24(11-6-16)20(26)17-7-12-29-14-17/h13,15-17H,3-12,14H2,1-2H3/t17-/m1/s1. The van der Waals surface area contributed by atoms with E-state index in [9.17, 15) is 13.2 Å². The van der Waals surface area contributed by atoms with E-state index in [1.54, 1.807) is 0 Å². The largest absolute Gasteiger partial charge is 0.381 e. The number of carbonyl (C=O) groups is 1. The highest BCUT2D eigenvalue weighted by molar-refractivity contribution is 7.90. The number of sulfone groups is 1. The molecule has 4 rings (SSSR count). The summed E-state index contributed by atoms with van der Waals surface area (Å²) in [5.41, 5.74) is 0.623. The molecule has 3 fully saturated rings. The van der Waals surface area contributed by atoms with Gasteiger partial charge in [0.1, 0.15) is 4.90 Å². The highest BCUT2D eigenvalue weighted by Crippen LogP contribution is 2.33. The van der Waals surface area contributed by atoms with Crippen LogP contribution < -0.4 is 4.90 Å². The van der Waals surface area contributed by atoms with Gasteiger partial charge in [-0.05, 0) is 38.0 Å². The highest BCUT2D eigenvalue weighted by atomic mass is 32.2. The molecule has 0 aromatic carbocycles. The lowest BCUT2D eigenvalue weighted by Crippen LogP contribution is -2.42. The van der Waals surface area contributed by atoms with Crippen molar-refractivity contribution in [1.82, 2.24) is 14.9 Å². The van der Waals surface area contributed by atoms with Crippen LogP contribution in [-0.4, -0.2) is 74.8 Å². The lowest BCUT2D eigenvalue weighted by atomic mass is 9.92. The van der Waals surface area contributed by atoms with Crippen molar-refractivity contribution in [3.63, 3.8) is 0 Å². The van der Waals surface area contributed by atoms with Crippen molar-refractivity contribution in [2.24, 2.45) is 11.8 Å². The number of anilines is 1. The summed E-state index contributed by atoms with van der Waals surface area (Å²) in [6.45, 7) is 6.48. The van der Waals surface area contributed by atoms with Crippen LogP contribution in [0.2, 0.25) is 0 Å². The molecule has 4 heterocycles. The summed E-state index contributed by atoms with van der Waals surface area (Å²) in [5.74, 6) is 1.48. The van der Waals surface area contributed by atoms with Crippen LogP contribution in [0, 0.1) is 11.8 Å². The second kappa shape index (κ2) is 8.78. The third-order valence-electron chi connectivity index (χ3n) is 6.71. The average molecular weight is 437 g/mol. The molecule has 8 nitrogen and oxygen atoms in total. The Hall–Kier alpha value is -1.74. The Kier molecular flexibility index (Phi) is 6.29. The summed E-state index contributed by atoms with van der Waals surface area (Å²) in [4.78, 5) is 26.1. The van der Waals surface area contributed by atoms with E-state index < -0.39 is 9.84 Å². The molecule has 0 unspecified atom stereocenters. The molecule has 0 aliphatic carbocycles. The lowest BCUT2D eigenvalue weighted by molar-refractivity contribution is -0.136. The van der Waals surface area contributed by atoms with Crippen LogP contribution in [0.25, 0.3) is 0 Å². The molecule has 1 aromatic heterocycles. The molecular weight excluding hydrogens is 404 g/mol. The average Bonchev–Trinajstić information content (AvgIpc) is 3.28. The third-order valence-corrected chi connectivity index (χ3v) is 7.82. The molecular formula is C21H32N4O4S. The summed E-state index contributed by atoms with van der Waals surface area (Å²) < 4.78 is 30.2. The van der Waals surface area contributed by atoms with E-state index in [-0.39, 0.29) is 22.6 Å². The van der Waals surface area contributed by atoms with Gasteiger partial charge in [0.05, 0.1) is 24.4 Å². The summed E-state index contributed by atoms with van der Waals surface area (Å²) in [6, 6.07) is 0. The van der Waals surface area contributed by atoms with Gasteiger partial charge in [-0.15, -0.1) is 0 Å². The summed E-state index contributed by atoms with van der Waals surface area (Å²) in [6.07, 6.45) is 7.12. The van der Waals surface area contributed by atoms with Gasteiger partial charge in [-0.25, -0.2) is 18.4 Å². The first kappa shape index (κ1) is 21.5. The van der Waals surface area contributed by atoms with Crippen molar-refractivity contribution in [1.29, 1.82) is 0 Å². The molecule has 30 heavy (non-hydrogen) atoms. The number of rotatable bonds is 4. The second-order valence-electron chi connectivity index (χ2n) is 9.02. The van der Waals surface area contributed by atoms with Crippen LogP contribution in [0.3, 0.4) is 0 Å². The zero-order valence-electron chi connectivity index (χ0n) is 17.9. The molecule has 1 atom stereocenters. The maximum absolute atomic E-state index is 12.7. The van der Waals surface area contributed by atoms with Crippen molar-refractivity contribution in [3.8, 4) is 0 Å². The van der Waals surface area contributed by atoms with Gasteiger partial charge in [-0.3, -0.25) is 4.79 Å². The molecule has 0 N–H and O–H groups in total. The van der Waals surface area contributed by atoms with E-state index in [4.69, 9.17) is 9.72 Å². The molecule has 166 valence electrons. The highest BCUT2D eigenvalue weighted by Gasteiger charge is 2.33. The Morgan fingerprint density at radius 1 is 1.10 bits per heavy atom.